The first-order chi connectivity index (χ1) is 18.6. The van der Waals surface area contributed by atoms with E-state index in [-0.39, 0.29) is 18.6 Å². The number of nitrogens with zero attached hydrogens (tertiary/aromatic N) is 1. The van der Waals surface area contributed by atoms with Crippen molar-refractivity contribution in [3.05, 3.63) is 48.0 Å². The second kappa shape index (κ2) is 12.4. The van der Waals surface area contributed by atoms with E-state index >= 15 is 0 Å². The molecule has 0 radical (unpaired) electrons. The van der Waals surface area contributed by atoms with Crippen LogP contribution in [0.25, 0.3) is 0 Å². The molecule has 0 aliphatic carbocycles. The van der Waals surface area contributed by atoms with E-state index in [9.17, 15) is 9.59 Å². The summed E-state index contributed by atoms with van der Waals surface area (Å²) >= 11 is 0. The van der Waals surface area contributed by atoms with Gasteiger partial charge in [-0.05, 0) is 68.7 Å². The van der Waals surface area contributed by atoms with Gasteiger partial charge in [0, 0.05) is 32.1 Å². The van der Waals surface area contributed by atoms with Gasteiger partial charge in [0.15, 0.2) is 11.5 Å². The second-order valence-corrected chi connectivity index (χ2v) is 10.4. The zero-order chi connectivity index (χ0) is 26.2. The minimum Gasteiger partial charge on any atom is -0.493 e. The number of likely N-dealkylation sites (tertiary alicyclic amines) is 1. The van der Waals surface area contributed by atoms with E-state index in [0.717, 1.165) is 43.6 Å². The Balaban J connectivity index is 1.09. The summed E-state index contributed by atoms with van der Waals surface area (Å²) < 4.78 is 22.5. The van der Waals surface area contributed by atoms with Crippen molar-refractivity contribution >= 4 is 11.8 Å². The molecule has 1 saturated heterocycles. The molecule has 8 nitrogen and oxygen atoms in total. The number of carbonyl (C=O) groups excluding carboxylic acids is 2. The molecule has 0 saturated carbocycles. The van der Waals surface area contributed by atoms with E-state index in [1.165, 1.54) is 5.56 Å². The van der Waals surface area contributed by atoms with Crippen LogP contribution in [-0.4, -0.2) is 56.4 Å². The van der Waals surface area contributed by atoms with Crippen LogP contribution in [0.1, 0.15) is 56.9 Å². The molecule has 3 heterocycles. The van der Waals surface area contributed by atoms with Crippen LogP contribution >= 0.6 is 0 Å². The smallest absolute Gasteiger partial charge is 0.231 e. The van der Waals surface area contributed by atoms with Gasteiger partial charge in [0.2, 0.25) is 18.6 Å². The summed E-state index contributed by atoms with van der Waals surface area (Å²) in [6.45, 7) is 3.14. The molecule has 204 valence electrons. The van der Waals surface area contributed by atoms with E-state index in [2.05, 4.69) is 17.4 Å². The molecule has 1 fully saturated rings. The summed E-state index contributed by atoms with van der Waals surface area (Å²) in [5.74, 6) is 3.35. The number of hydrogen-bond donors (Lipinski definition) is 1. The van der Waals surface area contributed by atoms with Crippen molar-refractivity contribution in [2.75, 3.05) is 39.6 Å². The lowest BCUT2D eigenvalue weighted by atomic mass is 9.73. The van der Waals surface area contributed by atoms with Gasteiger partial charge >= 0.3 is 0 Å². The molecule has 0 aromatic heterocycles. The molecule has 38 heavy (non-hydrogen) atoms. The third-order valence-corrected chi connectivity index (χ3v) is 7.89. The van der Waals surface area contributed by atoms with Crippen LogP contribution in [0.2, 0.25) is 0 Å². The average Bonchev–Trinajstić information content (AvgIpc) is 3.42. The largest absolute Gasteiger partial charge is 0.493 e. The number of piperidine rings is 1. The van der Waals surface area contributed by atoms with Gasteiger partial charge in [-0.25, -0.2) is 0 Å². The Morgan fingerprint density at radius 2 is 1.79 bits per heavy atom. The molecular formula is C30H38N2O6. The van der Waals surface area contributed by atoms with E-state index in [1.54, 1.807) is 0 Å². The zero-order valence-corrected chi connectivity index (χ0v) is 22.0. The highest BCUT2D eigenvalue weighted by atomic mass is 16.7. The van der Waals surface area contributed by atoms with Gasteiger partial charge in [-0.15, -0.1) is 0 Å². The van der Waals surface area contributed by atoms with Crippen LogP contribution in [-0.2, 0) is 16.0 Å². The molecule has 0 unspecified atom stereocenters. The SMILES string of the molecule is O=C(CCCOc1ccc2c(c1)OCO2)N1CCC2(CCCCc3ccccc3OCCCNC2=O)CC1. The highest BCUT2D eigenvalue weighted by molar-refractivity contribution is 5.83. The Bertz CT molecular complexity index is 1110. The number of nitrogens with one attached hydrogen (secondary N) is 1. The van der Waals surface area contributed by atoms with Crippen molar-refractivity contribution in [3.63, 3.8) is 0 Å². The van der Waals surface area contributed by atoms with Gasteiger partial charge in [-0.2, -0.15) is 0 Å². The molecule has 1 spiro atoms. The quantitative estimate of drug-likeness (QED) is 0.582. The molecule has 8 heteroatoms. The fourth-order valence-corrected chi connectivity index (χ4v) is 5.59. The minimum absolute atomic E-state index is 0.132. The highest BCUT2D eigenvalue weighted by Gasteiger charge is 2.41. The van der Waals surface area contributed by atoms with E-state index in [4.69, 9.17) is 18.9 Å². The van der Waals surface area contributed by atoms with Gasteiger partial charge in [0.05, 0.1) is 18.6 Å². The van der Waals surface area contributed by atoms with Crippen LogP contribution in [0.5, 0.6) is 23.0 Å². The lowest BCUT2D eigenvalue weighted by Gasteiger charge is -2.41. The summed E-state index contributed by atoms with van der Waals surface area (Å²) in [5, 5.41) is 3.17. The predicted octanol–water partition coefficient (Wildman–Crippen LogP) is 4.49. The summed E-state index contributed by atoms with van der Waals surface area (Å²) in [6, 6.07) is 13.7. The normalized spacial score (nSPS) is 19.3. The number of benzene rings is 2. The van der Waals surface area contributed by atoms with Crippen LogP contribution in [0.3, 0.4) is 0 Å². The topological polar surface area (TPSA) is 86.3 Å². The first-order valence-electron chi connectivity index (χ1n) is 13.9. The number of rotatable bonds is 5. The van der Waals surface area contributed by atoms with Gasteiger partial charge in [-0.1, -0.05) is 24.6 Å². The molecule has 1 N–H and O–H groups in total. The van der Waals surface area contributed by atoms with Crippen LogP contribution in [0.15, 0.2) is 42.5 Å². The Morgan fingerprint density at radius 3 is 2.68 bits per heavy atom. The molecule has 2 amide bonds. The highest BCUT2D eigenvalue weighted by Crippen LogP contribution is 2.38. The van der Waals surface area contributed by atoms with Gasteiger partial charge in [0.1, 0.15) is 11.5 Å². The summed E-state index contributed by atoms with van der Waals surface area (Å²) in [4.78, 5) is 28.1. The maximum Gasteiger partial charge on any atom is 0.231 e. The predicted molar refractivity (Wildman–Crippen MR) is 143 cm³/mol. The standard InChI is InChI=1S/C30H38N2O6/c33-28(10-5-19-35-24-11-12-26-27(21-24)38-22-37-26)32-17-14-30(15-18-32)13-4-3-8-23-7-1-2-9-25(23)36-20-6-16-31-29(30)34/h1-2,7,9,11-12,21H,3-6,8,10,13-20,22H2,(H,31,34). The number of hydrogen-bond acceptors (Lipinski definition) is 6. The third-order valence-electron chi connectivity index (χ3n) is 7.89. The van der Waals surface area contributed by atoms with E-state index in [1.807, 2.05) is 35.2 Å². The number of ether oxygens (including phenoxy) is 4. The van der Waals surface area contributed by atoms with Crippen molar-refractivity contribution in [3.8, 4) is 23.0 Å². The average molecular weight is 523 g/mol. The van der Waals surface area contributed by atoms with Crippen molar-refractivity contribution < 1.29 is 28.5 Å². The van der Waals surface area contributed by atoms with Gasteiger partial charge < -0.3 is 29.2 Å². The van der Waals surface area contributed by atoms with Crippen molar-refractivity contribution in [1.82, 2.24) is 10.2 Å². The maximum atomic E-state index is 13.3. The summed E-state index contributed by atoms with van der Waals surface area (Å²) in [5.41, 5.74) is 0.844. The molecule has 2 aromatic rings. The number of para-hydroxylation sites is 1. The monoisotopic (exact) mass is 522 g/mol. The third kappa shape index (κ3) is 6.34. The Hall–Kier alpha value is -3.42. The molecular weight excluding hydrogens is 484 g/mol. The minimum atomic E-state index is -0.395. The molecule has 0 bridgehead atoms. The Labute approximate surface area is 224 Å². The molecule has 5 rings (SSSR count). The first-order valence-corrected chi connectivity index (χ1v) is 13.9. The Kier molecular flexibility index (Phi) is 8.56. The van der Waals surface area contributed by atoms with Gasteiger partial charge in [-0.3, -0.25) is 9.59 Å². The number of amides is 2. The molecule has 3 aliphatic heterocycles. The molecule has 2 aromatic carbocycles. The first kappa shape index (κ1) is 26.2. The lowest BCUT2D eigenvalue weighted by Crippen LogP contribution is -2.50. The summed E-state index contributed by atoms with van der Waals surface area (Å²) in [6.07, 6.45) is 7.07. The molecule has 0 atom stereocenters. The van der Waals surface area contributed by atoms with Crippen LogP contribution < -0.4 is 24.3 Å². The fourth-order valence-electron chi connectivity index (χ4n) is 5.59. The van der Waals surface area contributed by atoms with Gasteiger partial charge in [0.25, 0.3) is 0 Å². The number of aryl methyl sites for hydroxylation is 1. The second-order valence-electron chi connectivity index (χ2n) is 10.4. The number of carbonyl (C=O) groups is 2. The van der Waals surface area contributed by atoms with Crippen LogP contribution in [0.4, 0.5) is 0 Å². The van der Waals surface area contributed by atoms with Crippen molar-refractivity contribution in [2.45, 2.75) is 57.8 Å². The van der Waals surface area contributed by atoms with Crippen molar-refractivity contribution in [1.29, 1.82) is 0 Å². The van der Waals surface area contributed by atoms with E-state index in [0.29, 0.717) is 70.0 Å². The Morgan fingerprint density at radius 1 is 0.947 bits per heavy atom. The lowest BCUT2D eigenvalue weighted by molar-refractivity contribution is -0.141. The van der Waals surface area contributed by atoms with Crippen molar-refractivity contribution in [2.24, 2.45) is 5.41 Å². The summed E-state index contributed by atoms with van der Waals surface area (Å²) in [7, 11) is 0. The number of fused-ring (bicyclic) bond motifs is 2. The fraction of sp³-hybridized carbons (Fsp3) is 0.533. The molecule has 3 aliphatic rings. The zero-order valence-electron chi connectivity index (χ0n) is 22.0. The van der Waals surface area contributed by atoms with Crippen LogP contribution in [0, 0.1) is 5.41 Å². The maximum absolute atomic E-state index is 13.3. The van der Waals surface area contributed by atoms with E-state index < -0.39 is 5.41 Å².